The molecule has 0 radical (unpaired) electrons. The van der Waals surface area contributed by atoms with E-state index in [0.29, 0.717) is 25.5 Å². The molecule has 0 saturated carbocycles. The third kappa shape index (κ3) is 3.54. The van der Waals surface area contributed by atoms with Crippen molar-refractivity contribution in [1.29, 1.82) is 0 Å². The van der Waals surface area contributed by atoms with Gasteiger partial charge in [-0.25, -0.2) is 15.0 Å². The average Bonchev–Trinajstić information content (AvgIpc) is 2.92. The fourth-order valence-corrected chi connectivity index (χ4v) is 1.99. The molecule has 2 rings (SSSR count). The molecule has 0 aromatic carbocycles. The Kier molecular flexibility index (Phi) is 5.06. The van der Waals surface area contributed by atoms with Crippen LogP contribution in [-0.2, 0) is 24.3 Å². The van der Waals surface area contributed by atoms with Crippen molar-refractivity contribution in [3.63, 3.8) is 0 Å². The Morgan fingerprint density at radius 3 is 2.85 bits per heavy atom. The van der Waals surface area contributed by atoms with E-state index in [2.05, 4.69) is 31.8 Å². The molecule has 2 aromatic rings. The molecule has 6 heteroatoms. The standard InChI is InChI=1S/C14H21N5O/c1-4-19-7-6-16-14(19)9-11-8-12(15-3)18-13(17-11)10-20-5-2/h6-8H,4-5,9-10H2,1-3H3,(H,15,17,18). The molecule has 0 aliphatic rings. The summed E-state index contributed by atoms with van der Waals surface area (Å²) >= 11 is 0. The molecule has 0 spiro atoms. The number of hydrogen-bond acceptors (Lipinski definition) is 5. The summed E-state index contributed by atoms with van der Waals surface area (Å²) in [5, 5.41) is 3.06. The maximum absolute atomic E-state index is 5.38. The first-order chi connectivity index (χ1) is 9.76. The average molecular weight is 275 g/mol. The molecule has 0 amide bonds. The molecule has 20 heavy (non-hydrogen) atoms. The van der Waals surface area contributed by atoms with E-state index < -0.39 is 0 Å². The lowest BCUT2D eigenvalue weighted by atomic mass is 10.2. The monoisotopic (exact) mass is 275 g/mol. The van der Waals surface area contributed by atoms with Crippen LogP contribution in [0.15, 0.2) is 18.5 Å². The predicted molar refractivity (Wildman–Crippen MR) is 77.6 cm³/mol. The number of ether oxygens (including phenoxy) is 1. The highest BCUT2D eigenvalue weighted by Gasteiger charge is 2.08. The summed E-state index contributed by atoms with van der Waals surface area (Å²) in [6.07, 6.45) is 4.49. The lowest BCUT2D eigenvalue weighted by Crippen LogP contribution is -2.08. The minimum absolute atomic E-state index is 0.432. The number of hydrogen-bond donors (Lipinski definition) is 1. The largest absolute Gasteiger partial charge is 0.374 e. The van der Waals surface area contributed by atoms with Gasteiger partial charge < -0.3 is 14.6 Å². The number of imidazole rings is 1. The van der Waals surface area contributed by atoms with Gasteiger partial charge in [-0.1, -0.05) is 0 Å². The Labute approximate surface area is 119 Å². The van der Waals surface area contributed by atoms with Crippen molar-refractivity contribution in [3.05, 3.63) is 35.8 Å². The third-order valence-electron chi connectivity index (χ3n) is 3.00. The third-order valence-corrected chi connectivity index (χ3v) is 3.00. The summed E-state index contributed by atoms with van der Waals surface area (Å²) in [4.78, 5) is 13.3. The van der Waals surface area contributed by atoms with E-state index in [1.54, 1.807) is 0 Å². The van der Waals surface area contributed by atoms with Crippen LogP contribution in [0.5, 0.6) is 0 Å². The Balaban J connectivity index is 2.21. The van der Waals surface area contributed by atoms with E-state index in [0.717, 1.165) is 23.9 Å². The molecule has 0 aliphatic carbocycles. The van der Waals surface area contributed by atoms with Gasteiger partial charge in [0, 0.05) is 45.1 Å². The zero-order chi connectivity index (χ0) is 14.4. The van der Waals surface area contributed by atoms with Crippen LogP contribution in [0.2, 0.25) is 0 Å². The quantitative estimate of drug-likeness (QED) is 0.835. The fourth-order valence-electron chi connectivity index (χ4n) is 1.99. The lowest BCUT2D eigenvalue weighted by molar-refractivity contribution is 0.128. The maximum Gasteiger partial charge on any atom is 0.156 e. The van der Waals surface area contributed by atoms with Gasteiger partial charge in [0.2, 0.25) is 0 Å². The molecule has 0 bridgehead atoms. The van der Waals surface area contributed by atoms with Crippen molar-refractivity contribution in [2.45, 2.75) is 33.4 Å². The second-order valence-electron chi connectivity index (χ2n) is 4.35. The van der Waals surface area contributed by atoms with E-state index in [1.807, 2.05) is 32.4 Å². The molecule has 2 aromatic heterocycles. The Bertz CT molecular complexity index is 552. The molecule has 0 unspecified atom stereocenters. The highest BCUT2D eigenvalue weighted by atomic mass is 16.5. The molecule has 108 valence electrons. The van der Waals surface area contributed by atoms with Crippen molar-refractivity contribution in [1.82, 2.24) is 19.5 Å². The normalized spacial score (nSPS) is 10.8. The van der Waals surface area contributed by atoms with Crippen molar-refractivity contribution in [3.8, 4) is 0 Å². The van der Waals surface area contributed by atoms with Crippen LogP contribution in [0, 0.1) is 0 Å². The molecule has 0 fully saturated rings. The first kappa shape index (κ1) is 14.5. The van der Waals surface area contributed by atoms with Crippen molar-refractivity contribution in [2.24, 2.45) is 0 Å². The summed E-state index contributed by atoms with van der Waals surface area (Å²) in [5.74, 6) is 2.51. The smallest absolute Gasteiger partial charge is 0.156 e. The first-order valence-electron chi connectivity index (χ1n) is 6.89. The van der Waals surface area contributed by atoms with Crippen LogP contribution in [0.3, 0.4) is 0 Å². The maximum atomic E-state index is 5.38. The molecular weight excluding hydrogens is 254 g/mol. The van der Waals surface area contributed by atoms with Crippen LogP contribution in [-0.4, -0.2) is 33.2 Å². The second kappa shape index (κ2) is 7.00. The number of aryl methyl sites for hydroxylation is 1. The van der Waals surface area contributed by atoms with Gasteiger partial charge in [-0.05, 0) is 13.8 Å². The number of aromatic nitrogens is 4. The SMILES string of the molecule is CCOCc1nc(Cc2nccn2CC)cc(NC)n1. The second-order valence-corrected chi connectivity index (χ2v) is 4.35. The van der Waals surface area contributed by atoms with Gasteiger partial charge in [0.25, 0.3) is 0 Å². The van der Waals surface area contributed by atoms with Gasteiger partial charge in [0.05, 0.1) is 5.69 Å². The summed E-state index contributed by atoms with van der Waals surface area (Å²) in [6, 6.07) is 1.95. The molecule has 6 nitrogen and oxygen atoms in total. The minimum atomic E-state index is 0.432. The van der Waals surface area contributed by atoms with E-state index in [9.17, 15) is 0 Å². The van der Waals surface area contributed by atoms with Gasteiger partial charge in [-0.15, -0.1) is 0 Å². The van der Waals surface area contributed by atoms with Crippen molar-refractivity contribution < 1.29 is 4.74 Å². The van der Waals surface area contributed by atoms with Gasteiger partial charge >= 0.3 is 0 Å². The summed E-state index contributed by atoms with van der Waals surface area (Å²) in [5.41, 5.74) is 0.944. The number of nitrogens with zero attached hydrogens (tertiary/aromatic N) is 4. The molecule has 1 N–H and O–H groups in total. The molecule has 0 atom stereocenters. The summed E-state index contributed by atoms with van der Waals surface area (Å²) in [6.45, 7) is 6.06. The molecule has 0 saturated heterocycles. The Morgan fingerprint density at radius 2 is 2.15 bits per heavy atom. The fraction of sp³-hybridized carbons (Fsp3) is 0.500. The van der Waals surface area contributed by atoms with E-state index in [1.165, 1.54) is 0 Å². The number of anilines is 1. The van der Waals surface area contributed by atoms with Crippen LogP contribution in [0.1, 0.15) is 31.2 Å². The summed E-state index contributed by atoms with van der Waals surface area (Å²) < 4.78 is 7.49. The first-order valence-corrected chi connectivity index (χ1v) is 6.89. The lowest BCUT2D eigenvalue weighted by Gasteiger charge is -2.09. The van der Waals surface area contributed by atoms with E-state index >= 15 is 0 Å². The van der Waals surface area contributed by atoms with Gasteiger partial charge in [0.15, 0.2) is 5.82 Å². The zero-order valence-corrected chi connectivity index (χ0v) is 12.3. The van der Waals surface area contributed by atoms with Gasteiger partial charge in [-0.2, -0.15) is 0 Å². The highest BCUT2D eigenvalue weighted by molar-refractivity contribution is 5.36. The molecule has 0 aliphatic heterocycles. The zero-order valence-electron chi connectivity index (χ0n) is 12.3. The van der Waals surface area contributed by atoms with Crippen molar-refractivity contribution in [2.75, 3.05) is 19.0 Å². The minimum Gasteiger partial charge on any atom is -0.374 e. The van der Waals surface area contributed by atoms with Crippen LogP contribution < -0.4 is 5.32 Å². The highest BCUT2D eigenvalue weighted by Crippen LogP contribution is 2.11. The Hall–Kier alpha value is -1.95. The van der Waals surface area contributed by atoms with Gasteiger partial charge in [-0.3, -0.25) is 0 Å². The Morgan fingerprint density at radius 1 is 1.30 bits per heavy atom. The number of rotatable bonds is 7. The van der Waals surface area contributed by atoms with Crippen LogP contribution in [0.25, 0.3) is 0 Å². The molecule has 2 heterocycles. The van der Waals surface area contributed by atoms with Crippen LogP contribution >= 0.6 is 0 Å². The number of nitrogens with one attached hydrogen (secondary N) is 1. The van der Waals surface area contributed by atoms with E-state index in [4.69, 9.17) is 4.74 Å². The van der Waals surface area contributed by atoms with Crippen LogP contribution in [0.4, 0.5) is 5.82 Å². The molecular formula is C14H21N5O. The van der Waals surface area contributed by atoms with Crippen molar-refractivity contribution >= 4 is 5.82 Å². The topological polar surface area (TPSA) is 64.9 Å². The predicted octanol–water partition coefficient (Wildman–Crippen LogP) is 1.86. The van der Waals surface area contributed by atoms with E-state index in [-0.39, 0.29) is 0 Å². The van der Waals surface area contributed by atoms with Gasteiger partial charge in [0.1, 0.15) is 18.2 Å². The summed E-state index contributed by atoms with van der Waals surface area (Å²) in [7, 11) is 1.85.